The number of nitrogens with zero attached hydrogens (tertiary/aromatic N) is 1. The van der Waals surface area contributed by atoms with Crippen LogP contribution in [0.4, 0.5) is 0 Å². The van der Waals surface area contributed by atoms with Crippen molar-refractivity contribution < 1.29 is 4.42 Å². The number of hydrogen-bond donors (Lipinski definition) is 2. The van der Waals surface area contributed by atoms with Gasteiger partial charge in [-0.3, -0.25) is 4.99 Å². The van der Waals surface area contributed by atoms with Crippen LogP contribution in [0.1, 0.15) is 31.1 Å². The summed E-state index contributed by atoms with van der Waals surface area (Å²) in [5.41, 5.74) is 1.36. The van der Waals surface area contributed by atoms with Crippen molar-refractivity contribution >= 4 is 29.9 Å². The van der Waals surface area contributed by atoms with Crippen LogP contribution < -0.4 is 10.6 Å². The van der Waals surface area contributed by atoms with Crippen molar-refractivity contribution in [2.75, 3.05) is 20.1 Å². The molecule has 4 nitrogen and oxygen atoms in total. The van der Waals surface area contributed by atoms with Gasteiger partial charge in [0.25, 0.3) is 0 Å². The smallest absolute Gasteiger partial charge is 0.191 e. The van der Waals surface area contributed by atoms with Crippen molar-refractivity contribution in [1.82, 2.24) is 10.6 Å². The van der Waals surface area contributed by atoms with Crippen LogP contribution in [0.2, 0.25) is 0 Å². The predicted molar refractivity (Wildman–Crippen MR) is 111 cm³/mol. The lowest BCUT2D eigenvalue weighted by Crippen LogP contribution is -2.40. The van der Waals surface area contributed by atoms with Crippen LogP contribution in [-0.4, -0.2) is 26.1 Å². The quantitative estimate of drug-likeness (QED) is 0.387. The van der Waals surface area contributed by atoms with Gasteiger partial charge in [0.05, 0.1) is 6.26 Å². The van der Waals surface area contributed by atoms with E-state index in [2.05, 4.69) is 59.8 Å². The molecule has 0 fully saturated rings. The summed E-state index contributed by atoms with van der Waals surface area (Å²) >= 11 is 0. The molecule has 5 heteroatoms. The molecule has 0 aliphatic heterocycles. The first-order chi connectivity index (χ1) is 11.2. The molecule has 2 rings (SSSR count). The minimum absolute atomic E-state index is 0. The lowest BCUT2D eigenvalue weighted by atomic mass is 9.88. The van der Waals surface area contributed by atoms with E-state index in [4.69, 9.17) is 4.42 Å². The molecule has 0 aliphatic rings. The number of halogens is 1. The highest BCUT2D eigenvalue weighted by molar-refractivity contribution is 14.0. The zero-order valence-electron chi connectivity index (χ0n) is 14.7. The number of guanidine groups is 1. The number of rotatable bonds is 7. The summed E-state index contributed by atoms with van der Waals surface area (Å²) in [5.74, 6) is 2.83. The van der Waals surface area contributed by atoms with Gasteiger partial charge in [0.1, 0.15) is 5.76 Å². The maximum atomic E-state index is 5.34. The second kappa shape index (κ2) is 11.1. The first-order valence-electron chi connectivity index (χ1n) is 8.22. The van der Waals surface area contributed by atoms with E-state index in [1.807, 2.05) is 12.1 Å². The van der Waals surface area contributed by atoms with Gasteiger partial charge >= 0.3 is 0 Å². The van der Waals surface area contributed by atoms with Gasteiger partial charge in [-0.2, -0.15) is 0 Å². The molecule has 2 N–H and O–H groups in total. The predicted octanol–water partition coefficient (Wildman–Crippen LogP) is 4.04. The second-order valence-corrected chi connectivity index (χ2v) is 5.97. The molecule has 1 unspecified atom stereocenters. The zero-order chi connectivity index (χ0) is 16.5. The van der Waals surface area contributed by atoms with Gasteiger partial charge in [0, 0.05) is 32.5 Å². The van der Waals surface area contributed by atoms with Crippen molar-refractivity contribution in [3.63, 3.8) is 0 Å². The van der Waals surface area contributed by atoms with Crippen molar-refractivity contribution in [2.45, 2.75) is 26.2 Å². The minimum atomic E-state index is 0. The Bertz CT molecular complexity index is 582. The van der Waals surface area contributed by atoms with E-state index in [1.165, 1.54) is 5.56 Å². The maximum Gasteiger partial charge on any atom is 0.191 e. The highest BCUT2D eigenvalue weighted by Crippen LogP contribution is 2.23. The molecule has 2 aromatic rings. The van der Waals surface area contributed by atoms with Gasteiger partial charge in [0.2, 0.25) is 0 Å². The van der Waals surface area contributed by atoms with Gasteiger partial charge in [0.15, 0.2) is 5.96 Å². The largest absolute Gasteiger partial charge is 0.469 e. The average molecular weight is 441 g/mol. The molecule has 1 aromatic heterocycles. The molecule has 132 valence electrons. The second-order valence-electron chi connectivity index (χ2n) is 5.97. The van der Waals surface area contributed by atoms with Gasteiger partial charge in [-0.15, -0.1) is 24.0 Å². The topological polar surface area (TPSA) is 49.6 Å². The molecule has 1 atom stereocenters. The molecular weight excluding hydrogens is 413 g/mol. The molecule has 0 saturated heterocycles. The fraction of sp³-hybridized carbons (Fsp3) is 0.421. The van der Waals surface area contributed by atoms with Crippen LogP contribution in [0, 0.1) is 5.92 Å². The van der Waals surface area contributed by atoms with Gasteiger partial charge < -0.3 is 15.1 Å². The van der Waals surface area contributed by atoms with Crippen LogP contribution in [0.15, 0.2) is 58.1 Å². The maximum absolute atomic E-state index is 5.34. The van der Waals surface area contributed by atoms with Crippen molar-refractivity contribution in [1.29, 1.82) is 0 Å². The fourth-order valence-electron chi connectivity index (χ4n) is 2.62. The molecule has 1 heterocycles. The first-order valence-corrected chi connectivity index (χ1v) is 8.22. The third-order valence-electron chi connectivity index (χ3n) is 3.99. The van der Waals surface area contributed by atoms with Gasteiger partial charge in [-0.1, -0.05) is 44.2 Å². The highest BCUT2D eigenvalue weighted by Gasteiger charge is 2.15. The number of hydrogen-bond acceptors (Lipinski definition) is 2. The number of nitrogens with one attached hydrogen (secondary N) is 2. The monoisotopic (exact) mass is 441 g/mol. The van der Waals surface area contributed by atoms with Gasteiger partial charge in [-0.25, -0.2) is 0 Å². The number of aliphatic imine (C=N–C) groups is 1. The van der Waals surface area contributed by atoms with Crippen molar-refractivity contribution in [2.24, 2.45) is 10.9 Å². The average Bonchev–Trinajstić information content (AvgIpc) is 3.07. The summed E-state index contributed by atoms with van der Waals surface area (Å²) in [4.78, 5) is 4.30. The molecule has 1 aromatic carbocycles. The minimum Gasteiger partial charge on any atom is -0.469 e. The van der Waals surface area contributed by atoms with Crippen LogP contribution in [0.5, 0.6) is 0 Å². The SMILES string of the molecule is CN=C(NCCc1ccco1)NCC(c1ccccc1)C(C)C.I. The van der Waals surface area contributed by atoms with Crippen LogP contribution in [-0.2, 0) is 6.42 Å². The lowest BCUT2D eigenvalue weighted by Gasteiger charge is -2.23. The lowest BCUT2D eigenvalue weighted by molar-refractivity contribution is 0.486. The van der Waals surface area contributed by atoms with E-state index < -0.39 is 0 Å². The van der Waals surface area contributed by atoms with Crippen LogP contribution in [0.3, 0.4) is 0 Å². The summed E-state index contributed by atoms with van der Waals surface area (Å²) in [7, 11) is 1.80. The third-order valence-corrected chi connectivity index (χ3v) is 3.99. The van der Waals surface area contributed by atoms with Crippen molar-refractivity contribution in [3.8, 4) is 0 Å². The van der Waals surface area contributed by atoms with Gasteiger partial charge in [-0.05, 0) is 23.6 Å². The number of furan rings is 1. The molecule has 0 radical (unpaired) electrons. The summed E-state index contributed by atoms with van der Waals surface area (Å²) in [6.45, 7) is 6.17. The van der Waals surface area contributed by atoms with Crippen LogP contribution in [0.25, 0.3) is 0 Å². The summed E-state index contributed by atoms with van der Waals surface area (Å²) < 4.78 is 5.34. The third kappa shape index (κ3) is 6.55. The Morgan fingerprint density at radius 3 is 2.42 bits per heavy atom. The molecule has 0 bridgehead atoms. The van der Waals surface area contributed by atoms with E-state index in [1.54, 1.807) is 13.3 Å². The molecule has 24 heavy (non-hydrogen) atoms. The highest BCUT2D eigenvalue weighted by atomic mass is 127. The molecule has 0 amide bonds. The Morgan fingerprint density at radius 2 is 1.83 bits per heavy atom. The van der Waals surface area contributed by atoms with E-state index in [9.17, 15) is 0 Å². The van der Waals surface area contributed by atoms with E-state index in [0.29, 0.717) is 11.8 Å². The first kappa shape index (κ1) is 20.5. The standard InChI is InChI=1S/C19H27N3O.HI/c1-15(2)18(16-8-5-4-6-9-16)14-22-19(20-3)21-12-11-17-10-7-13-23-17;/h4-10,13,15,18H,11-12,14H2,1-3H3,(H2,20,21,22);1H. The summed E-state index contributed by atoms with van der Waals surface area (Å²) in [6.07, 6.45) is 2.55. The molecule has 0 spiro atoms. The van der Waals surface area contributed by atoms with E-state index in [0.717, 1.165) is 31.2 Å². The van der Waals surface area contributed by atoms with E-state index in [-0.39, 0.29) is 24.0 Å². The fourth-order valence-corrected chi connectivity index (χ4v) is 2.62. The zero-order valence-corrected chi connectivity index (χ0v) is 17.0. The molecule has 0 aliphatic carbocycles. The Morgan fingerprint density at radius 1 is 1.08 bits per heavy atom. The Kier molecular flexibility index (Phi) is 9.52. The summed E-state index contributed by atoms with van der Waals surface area (Å²) in [5, 5.41) is 6.77. The van der Waals surface area contributed by atoms with Crippen molar-refractivity contribution in [3.05, 3.63) is 60.1 Å². The van der Waals surface area contributed by atoms with Crippen LogP contribution >= 0.6 is 24.0 Å². The number of benzene rings is 1. The Hall–Kier alpha value is -1.50. The van der Waals surface area contributed by atoms with E-state index >= 15 is 0 Å². The molecule has 0 saturated carbocycles. The Balaban J connectivity index is 0.00000288. The normalized spacial score (nSPS) is 12.6. The Labute approximate surface area is 162 Å². The molecular formula is C19H28IN3O. The summed E-state index contributed by atoms with van der Waals surface area (Å²) in [6, 6.07) is 14.5.